The molecule has 0 amide bonds. The Morgan fingerprint density at radius 2 is 2.38 bits per heavy atom. The molecule has 0 fully saturated rings. The number of nitrogens with zero attached hydrogens (tertiary/aromatic N) is 2. The van der Waals surface area contributed by atoms with Gasteiger partial charge in [-0.1, -0.05) is 25.6 Å². The Morgan fingerprint density at radius 3 is 3.06 bits per heavy atom. The number of fused-ring (bicyclic) bond motifs is 1. The molecule has 1 aromatic rings. The fourth-order valence-corrected chi connectivity index (χ4v) is 2.80. The van der Waals surface area contributed by atoms with Crippen LogP contribution in [0, 0.1) is 0 Å². The van der Waals surface area contributed by atoms with E-state index < -0.39 is 0 Å². The van der Waals surface area contributed by atoms with Gasteiger partial charge in [-0.25, -0.2) is 0 Å². The van der Waals surface area contributed by atoms with Crippen LogP contribution in [0.1, 0.15) is 38.2 Å². The Hall–Kier alpha value is -0.970. The van der Waals surface area contributed by atoms with Crippen molar-refractivity contribution in [3.8, 4) is 5.88 Å². The molecule has 2 heterocycles. The SMILES string of the molecule is CC[C@@H](C)c1c(O)nc2n(c1=O)CCCS2. The van der Waals surface area contributed by atoms with Gasteiger partial charge in [0.15, 0.2) is 5.16 Å². The normalized spacial score (nSPS) is 16.9. The average Bonchev–Trinajstić information content (AvgIpc) is 2.28. The summed E-state index contributed by atoms with van der Waals surface area (Å²) in [6.07, 6.45) is 1.82. The van der Waals surface area contributed by atoms with Crippen molar-refractivity contribution < 1.29 is 5.11 Å². The third-order valence-electron chi connectivity index (χ3n) is 3.01. The Labute approximate surface area is 98.7 Å². The van der Waals surface area contributed by atoms with Crippen molar-refractivity contribution in [2.75, 3.05) is 5.75 Å². The second-order valence-electron chi connectivity index (χ2n) is 4.10. The topological polar surface area (TPSA) is 55.1 Å². The van der Waals surface area contributed by atoms with Crippen molar-refractivity contribution in [1.29, 1.82) is 0 Å². The molecule has 1 aromatic heterocycles. The van der Waals surface area contributed by atoms with E-state index in [1.54, 1.807) is 4.57 Å². The Morgan fingerprint density at radius 1 is 1.62 bits per heavy atom. The lowest BCUT2D eigenvalue weighted by atomic mass is 10.0. The summed E-state index contributed by atoms with van der Waals surface area (Å²) in [7, 11) is 0. The van der Waals surface area contributed by atoms with Crippen LogP contribution in [-0.4, -0.2) is 20.4 Å². The van der Waals surface area contributed by atoms with E-state index in [4.69, 9.17) is 0 Å². The smallest absolute Gasteiger partial charge is 0.261 e. The monoisotopic (exact) mass is 240 g/mol. The third-order valence-corrected chi connectivity index (χ3v) is 4.07. The first kappa shape index (κ1) is 11.5. The van der Waals surface area contributed by atoms with E-state index in [2.05, 4.69) is 4.98 Å². The van der Waals surface area contributed by atoms with E-state index >= 15 is 0 Å². The van der Waals surface area contributed by atoms with E-state index in [1.807, 2.05) is 13.8 Å². The summed E-state index contributed by atoms with van der Waals surface area (Å²) in [6.45, 7) is 4.67. The molecule has 5 heteroatoms. The molecule has 1 aliphatic rings. The van der Waals surface area contributed by atoms with Crippen molar-refractivity contribution in [2.24, 2.45) is 0 Å². The van der Waals surface area contributed by atoms with Crippen LogP contribution in [0.15, 0.2) is 9.95 Å². The molecule has 1 atom stereocenters. The lowest BCUT2D eigenvalue weighted by Gasteiger charge is -2.19. The summed E-state index contributed by atoms with van der Waals surface area (Å²) < 4.78 is 1.69. The van der Waals surface area contributed by atoms with Gasteiger partial charge in [0.1, 0.15) is 0 Å². The minimum atomic E-state index is -0.0833. The van der Waals surface area contributed by atoms with Crippen molar-refractivity contribution in [3.63, 3.8) is 0 Å². The summed E-state index contributed by atoms with van der Waals surface area (Å²) in [6, 6.07) is 0. The third kappa shape index (κ3) is 1.84. The number of thioether (sulfide) groups is 1. The van der Waals surface area contributed by atoms with E-state index in [0.29, 0.717) is 10.7 Å². The molecule has 0 aliphatic carbocycles. The van der Waals surface area contributed by atoms with Gasteiger partial charge in [-0.05, 0) is 18.8 Å². The molecule has 0 spiro atoms. The van der Waals surface area contributed by atoms with Gasteiger partial charge >= 0.3 is 0 Å². The van der Waals surface area contributed by atoms with Crippen molar-refractivity contribution in [1.82, 2.24) is 9.55 Å². The number of hydrogen-bond donors (Lipinski definition) is 1. The molecule has 1 aliphatic heterocycles. The quantitative estimate of drug-likeness (QED) is 0.803. The highest BCUT2D eigenvalue weighted by Crippen LogP contribution is 2.28. The lowest BCUT2D eigenvalue weighted by molar-refractivity contribution is 0.412. The van der Waals surface area contributed by atoms with Gasteiger partial charge in [-0.3, -0.25) is 9.36 Å². The minimum Gasteiger partial charge on any atom is -0.493 e. The fraction of sp³-hybridized carbons (Fsp3) is 0.636. The van der Waals surface area contributed by atoms with Crippen molar-refractivity contribution in [2.45, 2.75) is 44.3 Å². The van der Waals surface area contributed by atoms with Crippen molar-refractivity contribution in [3.05, 3.63) is 15.9 Å². The maximum atomic E-state index is 12.2. The van der Waals surface area contributed by atoms with Crippen LogP contribution in [0.3, 0.4) is 0 Å². The molecule has 16 heavy (non-hydrogen) atoms. The molecule has 0 saturated carbocycles. The van der Waals surface area contributed by atoms with Gasteiger partial charge in [0.05, 0.1) is 5.56 Å². The zero-order chi connectivity index (χ0) is 11.7. The number of rotatable bonds is 2. The summed E-state index contributed by atoms with van der Waals surface area (Å²) in [5, 5.41) is 10.5. The zero-order valence-corrected chi connectivity index (χ0v) is 10.4. The van der Waals surface area contributed by atoms with E-state index in [0.717, 1.165) is 25.1 Å². The lowest BCUT2D eigenvalue weighted by Crippen LogP contribution is -2.29. The highest BCUT2D eigenvalue weighted by atomic mass is 32.2. The number of aromatic nitrogens is 2. The first-order chi connectivity index (χ1) is 7.65. The van der Waals surface area contributed by atoms with E-state index in [-0.39, 0.29) is 17.4 Å². The molecule has 88 valence electrons. The summed E-state index contributed by atoms with van der Waals surface area (Å²) in [5.41, 5.74) is 0.401. The van der Waals surface area contributed by atoms with Crippen LogP contribution in [0.4, 0.5) is 0 Å². The molecule has 0 radical (unpaired) electrons. The predicted octanol–water partition coefficient (Wildman–Crippen LogP) is 1.96. The second-order valence-corrected chi connectivity index (χ2v) is 5.16. The first-order valence-corrected chi connectivity index (χ1v) is 6.60. The van der Waals surface area contributed by atoms with Gasteiger partial charge < -0.3 is 5.11 Å². The summed E-state index contributed by atoms with van der Waals surface area (Å²) >= 11 is 1.54. The summed E-state index contributed by atoms with van der Waals surface area (Å²) in [5.74, 6) is 0.943. The Bertz CT molecular complexity index is 456. The molecule has 0 aromatic carbocycles. The molecule has 1 N–H and O–H groups in total. The van der Waals surface area contributed by atoms with Gasteiger partial charge in [0, 0.05) is 12.3 Å². The van der Waals surface area contributed by atoms with Gasteiger partial charge in [0.25, 0.3) is 5.56 Å². The molecule has 2 rings (SSSR count). The Balaban J connectivity index is 2.59. The van der Waals surface area contributed by atoms with Crippen LogP contribution in [0.2, 0.25) is 0 Å². The van der Waals surface area contributed by atoms with Crippen LogP contribution < -0.4 is 5.56 Å². The minimum absolute atomic E-state index is 0.0599. The largest absolute Gasteiger partial charge is 0.493 e. The molecule has 0 unspecified atom stereocenters. The average molecular weight is 240 g/mol. The van der Waals surface area contributed by atoms with Gasteiger partial charge in [-0.2, -0.15) is 4.98 Å². The van der Waals surface area contributed by atoms with E-state index in [1.165, 1.54) is 11.8 Å². The van der Waals surface area contributed by atoms with Crippen LogP contribution in [0.5, 0.6) is 5.88 Å². The van der Waals surface area contributed by atoms with Gasteiger partial charge in [-0.15, -0.1) is 0 Å². The van der Waals surface area contributed by atoms with Crippen LogP contribution in [0.25, 0.3) is 0 Å². The first-order valence-electron chi connectivity index (χ1n) is 5.61. The van der Waals surface area contributed by atoms with Crippen molar-refractivity contribution >= 4 is 11.8 Å². The molecule has 4 nitrogen and oxygen atoms in total. The zero-order valence-electron chi connectivity index (χ0n) is 9.56. The number of aromatic hydroxyl groups is 1. The predicted molar refractivity (Wildman–Crippen MR) is 64.2 cm³/mol. The standard InChI is InChI=1S/C11H16N2O2S/c1-3-7(2)8-9(14)12-11-13(10(8)15)5-4-6-16-11/h7,14H,3-6H2,1-2H3/t7-/m1/s1. The maximum Gasteiger partial charge on any atom is 0.261 e. The van der Waals surface area contributed by atoms with Crippen LogP contribution >= 0.6 is 11.8 Å². The second kappa shape index (κ2) is 4.49. The summed E-state index contributed by atoms with van der Waals surface area (Å²) in [4.78, 5) is 16.3. The highest BCUT2D eigenvalue weighted by Gasteiger charge is 2.21. The molecular formula is C11H16N2O2S. The molecule has 0 saturated heterocycles. The van der Waals surface area contributed by atoms with Gasteiger partial charge in [0.2, 0.25) is 5.88 Å². The Kier molecular flexibility index (Phi) is 3.23. The molecular weight excluding hydrogens is 224 g/mol. The maximum absolute atomic E-state index is 12.2. The molecule has 0 bridgehead atoms. The highest BCUT2D eigenvalue weighted by molar-refractivity contribution is 7.99. The number of hydrogen-bond acceptors (Lipinski definition) is 4. The van der Waals surface area contributed by atoms with Crippen LogP contribution in [-0.2, 0) is 6.54 Å². The fourth-order valence-electron chi connectivity index (χ4n) is 1.87. The van der Waals surface area contributed by atoms with E-state index in [9.17, 15) is 9.90 Å².